The van der Waals surface area contributed by atoms with Crippen LogP contribution in [0.25, 0.3) is 0 Å². The number of halogens is 2. The van der Waals surface area contributed by atoms with E-state index in [1.165, 1.54) is 6.07 Å². The van der Waals surface area contributed by atoms with Crippen LogP contribution in [0.5, 0.6) is 0 Å². The summed E-state index contributed by atoms with van der Waals surface area (Å²) in [5.41, 5.74) is 6.35. The van der Waals surface area contributed by atoms with Crippen molar-refractivity contribution in [2.24, 2.45) is 12.8 Å². The molecule has 0 bridgehead atoms. The van der Waals surface area contributed by atoms with Gasteiger partial charge in [-0.15, -0.1) is 12.4 Å². The lowest BCUT2D eigenvalue weighted by Gasteiger charge is -2.02. The first-order chi connectivity index (χ1) is 8.08. The molecule has 2 rings (SSSR count). The zero-order chi connectivity index (χ0) is 12.4. The van der Waals surface area contributed by atoms with Crippen molar-refractivity contribution in [2.45, 2.75) is 6.42 Å². The van der Waals surface area contributed by atoms with Crippen LogP contribution >= 0.6 is 12.4 Å². The Balaban J connectivity index is 0.00000162. The number of imidazole rings is 1. The van der Waals surface area contributed by atoms with E-state index < -0.39 is 0 Å². The van der Waals surface area contributed by atoms with Gasteiger partial charge in [0.15, 0.2) is 0 Å². The lowest BCUT2D eigenvalue weighted by molar-refractivity contribution is 0.610. The molecule has 0 unspecified atom stereocenters. The van der Waals surface area contributed by atoms with Gasteiger partial charge in [0, 0.05) is 19.7 Å². The Morgan fingerprint density at radius 1 is 1.44 bits per heavy atom. The molecular formula is C12H14ClFN4. The van der Waals surface area contributed by atoms with Crippen LogP contribution in [0.2, 0.25) is 0 Å². The number of nitrogens with two attached hydrogens (primary N) is 1. The molecule has 0 saturated heterocycles. The highest BCUT2D eigenvalue weighted by molar-refractivity contribution is 5.92. The molecule has 0 aliphatic rings. The molecule has 6 heteroatoms. The summed E-state index contributed by atoms with van der Waals surface area (Å²) in [5.74, 6) is 0.348. The molecule has 0 amide bonds. The van der Waals surface area contributed by atoms with Gasteiger partial charge in [-0.25, -0.2) is 9.37 Å². The zero-order valence-electron chi connectivity index (χ0n) is 9.85. The van der Waals surface area contributed by atoms with E-state index in [4.69, 9.17) is 11.1 Å². The molecule has 0 spiro atoms. The van der Waals surface area contributed by atoms with E-state index in [2.05, 4.69) is 4.98 Å². The van der Waals surface area contributed by atoms with Crippen LogP contribution in [-0.2, 0) is 13.5 Å². The van der Waals surface area contributed by atoms with E-state index >= 15 is 0 Å². The van der Waals surface area contributed by atoms with E-state index in [1.807, 2.05) is 0 Å². The molecule has 1 aromatic heterocycles. The summed E-state index contributed by atoms with van der Waals surface area (Å²) in [6, 6.07) is 6.58. The number of hydrogen-bond acceptors (Lipinski definition) is 2. The predicted octanol–water partition coefficient (Wildman–Crippen LogP) is 1.86. The molecule has 18 heavy (non-hydrogen) atoms. The molecule has 0 aliphatic heterocycles. The Labute approximate surface area is 111 Å². The second-order valence-electron chi connectivity index (χ2n) is 3.84. The molecule has 0 aliphatic carbocycles. The Bertz CT molecular complexity index is 565. The van der Waals surface area contributed by atoms with Crippen molar-refractivity contribution in [3.05, 3.63) is 53.4 Å². The standard InChI is InChI=1S/C12H13FN4.ClH/c1-17-7-10(12(14)15)16-11(17)6-8-4-2-3-5-9(8)13;/h2-5,7H,6H2,1H3,(H3,14,15);1H. The molecule has 96 valence electrons. The van der Waals surface area contributed by atoms with Gasteiger partial charge in [0.05, 0.1) is 0 Å². The van der Waals surface area contributed by atoms with Gasteiger partial charge in [-0.3, -0.25) is 5.41 Å². The summed E-state index contributed by atoms with van der Waals surface area (Å²) in [5, 5.41) is 7.30. The summed E-state index contributed by atoms with van der Waals surface area (Å²) in [6.45, 7) is 0. The fourth-order valence-electron chi connectivity index (χ4n) is 1.61. The number of aromatic nitrogens is 2. The zero-order valence-corrected chi connectivity index (χ0v) is 10.7. The Morgan fingerprint density at radius 2 is 2.11 bits per heavy atom. The molecule has 0 saturated carbocycles. The number of benzene rings is 1. The number of nitrogen functional groups attached to an aromatic ring is 1. The van der Waals surface area contributed by atoms with Crippen molar-refractivity contribution < 1.29 is 4.39 Å². The molecule has 1 heterocycles. The van der Waals surface area contributed by atoms with E-state index in [1.54, 1.807) is 36.0 Å². The van der Waals surface area contributed by atoms with Crippen LogP contribution in [0.3, 0.4) is 0 Å². The summed E-state index contributed by atoms with van der Waals surface area (Å²) in [7, 11) is 1.80. The van der Waals surface area contributed by atoms with Crippen LogP contribution in [0.4, 0.5) is 4.39 Å². The highest BCUT2D eigenvalue weighted by Crippen LogP contribution is 2.12. The van der Waals surface area contributed by atoms with Gasteiger partial charge in [-0.05, 0) is 11.6 Å². The second-order valence-corrected chi connectivity index (χ2v) is 3.84. The van der Waals surface area contributed by atoms with Crippen LogP contribution in [-0.4, -0.2) is 15.4 Å². The average Bonchev–Trinajstić information content (AvgIpc) is 2.64. The third-order valence-electron chi connectivity index (χ3n) is 2.55. The number of nitrogens with one attached hydrogen (secondary N) is 1. The summed E-state index contributed by atoms with van der Waals surface area (Å²) in [4.78, 5) is 4.19. The Hall–Kier alpha value is -1.88. The SMILES string of the molecule is Cl.Cn1cc(C(=N)N)nc1Cc1ccccc1F. The van der Waals surface area contributed by atoms with E-state index in [0.29, 0.717) is 23.5 Å². The molecular weight excluding hydrogens is 255 g/mol. The normalized spacial score (nSPS) is 9.89. The van der Waals surface area contributed by atoms with Crippen molar-refractivity contribution in [3.63, 3.8) is 0 Å². The number of hydrogen-bond donors (Lipinski definition) is 2. The van der Waals surface area contributed by atoms with Crippen molar-refractivity contribution >= 4 is 18.2 Å². The number of amidine groups is 1. The number of rotatable bonds is 3. The van der Waals surface area contributed by atoms with Gasteiger partial charge in [0.2, 0.25) is 0 Å². The fraction of sp³-hybridized carbons (Fsp3) is 0.167. The first kappa shape index (κ1) is 14.2. The third-order valence-corrected chi connectivity index (χ3v) is 2.55. The highest BCUT2D eigenvalue weighted by atomic mass is 35.5. The summed E-state index contributed by atoms with van der Waals surface area (Å²) in [6.07, 6.45) is 2.05. The third kappa shape index (κ3) is 2.87. The minimum Gasteiger partial charge on any atom is -0.382 e. The Kier molecular flexibility index (Phi) is 4.44. The predicted molar refractivity (Wildman–Crippen MR) is 70.7 cm³/mol. The molecule has 3 N–H and O–H groups in total. The van der Waals surface area contributed by atoms with Crippen molar-refractivity contribution in [1.29, 1.82) is 5.41 Å². The molecule has 2 aromatic rings. The first-order valence-electron chi connectivity index (χ1n) is 5.18. The second kappa shape index (κ2) is 5.64. The van der Waals surface area contributed by atoms with E-state index in [0.717, 1.165) is 0 Å². The van der Waals surface area contributed by atoms with Gasteiger partial charge in [-0.1, -0.05) is 18.2 Å². The molecule has 0 atom stereocenters. The summed E-state index contributed by atoms with van der Waals surface area (Å²) < 4.78 is 15.2. The van der Waals surface area contributed by atoms with E-state index in [9.17, 15) is 4.39 Å². The fourth-order valence-corrected chi connectivity index (χ4v) is 1.61. The molecule has 1 aromatic carbocycles. The minimum absolute atomic E-state index is 0. The maximum absolute atomic E-state index is 13.5. The van der Waals surface area contributed by atoms with Gasteiger partial charge < -0.3 is 10.3 Å². The van der Waals surface area contributed by atoms with Gasteiger partial charge >= 0.3 is 0 Å². The lowest BCUT2D eigenvalue weighted by atomic mass is 10.1. The largest absolute Gasteiger partial charge is 0.382 e. The van der Waals surface area contributed by atoms with Crippen LogP contribution in [0.15, 0.2) is 30.5 Å². The van der Waals surface area contributed by atoms with Crippen LogP contribution in [0.1, 0.15) is 17.1 Å². The Morgan fingerprint density at radius 3 is 2.67 bits per heavy atom. The molecule has 4 nitrogen and oxygen atoms in total. The minimum atomic E-state index is -0.250. The maximum Gasteiger partial charge on any atom is 0.143 e. The first-order valence-corrected chi connectivity index (χ1v) is 5.18. The molecule has 0 radical (unpaired) electrons. The van der Waals surface area contributed by atoms with E-state index in [-0.39, 0.29) is 24.1 Å². The van der Waals surface area contributed by atoms with Gasteiger partial charge in [0.1, 0.15) is 23.2 Å². The molecule has 0 fully saturated rings. The number of nitrogens with zero attached hydrogens (tertiary/aromatic N) is 2. The van der Waals surface area contributed by atoms with Gasteiger partial charge in [-0.2, -0.15) is 0 Å². The van der Waals surface area contributed by atoms with Crippen molar-refractivity contribution in [2.75, 3.05) is 0 Å². The smallest absolute Gasteiger partial charge is 0.143 e. The monoisotopic (exact) mass is 268 g/mol. The van der Waals surface area contributed by atoms with Gasteiger partial charge in [0.25, 0.3) is 0 Å². The van der Waals surface area contributed by atoms with Crippen LogP contribution < -0.4 is 5.73 Å². The van der Waals surface area contributed by atoms with Crippen molar-refractivity contribution in [1.82, 2.24) is 9.55 Å². The topological polar surface area (TPSA) is 67.7 Å². The van der Waals surface area contributed by atoms with Crippen molar-refractivity contribution in [3.8, 4) is 0 Å². The maximum atomic E-state index is 13.5. The van der Waals surface area contributed by atoms with Crippen LogP contribution in [0, 0.1) is 11.2 Å². The average molecular weight is 269 g/mol. The highest BCUT2D eigenvalue weighted by Gasteiger charge is 2.10. The quantitative estimate of drug-likeness (QED) is 0.659. The summed E-state index contributed by atoms with van der Waals surface area (Å²) >= 11 is 0. The lowest BCUT2D eigenvalue weighted by Crippen LogP contribution is -2.11. The number of aryl methyl sites for hydroxylation is 1.